The van der Waals surface area contributed by atoms with Crippen LogP contribution in [-0.2, 0) is 17.0 Å². The molecule has 33 heavy (non-hydrogen) atoms. The first kappa shape index (κ1) is 25.0. The third-order valence-electron chi connectivity index (χ3n) is 4.76. The fourth-order valence-electron chi connectivity index (χ4n) is 2.92. The van der Waals surface area contributed by atoms with Crippen LogP contribution in [0.15, 0.2) is 59.9 Å². The quantitative estimate of drug-likeness (QED) is 0.208. The Labute approximate surface area is 207 Å². The molecule has 1 aromatic heterocycles. The third-order valence-corrected chi connectivity index (χ3v) is 6.32. The second-order valence-electron chi connectivity index (χ2n) is 7.19. The maximum atomic E-state index is 12.5. The SMILES string of the molecule is CCc1ccc(NC(=O)CCCNC(=O)c2nc(SCc3ccccc3Cl)ncc2Cl)cc1. The molecule has 0 bridgehead atoms. The van der Waals surface area contributed by atoms with Crippen LogP contribution in [0.2, 0.25) is 10.0 Å². The monoisotopic (exact) mass is 502 g/mol. The van der Waals surface area contributed by atoms with Crippen molar-refractivity contribution in [1.82, 2.24) is 15.3 Å². The number of hydrogen-bond donors (Lipinski definition) is 2. The van der Waals surface area contributed by atoms with E-state index in [1.807, 2.05) is 48.5 Å². The van der Waals surface area contributed by atoms with Gasteiger partial charge in [-0.3, -0.25) is 9.59 Å². The summed E-state index contributed by atoms with van der Waals surface area (Å²) in [6.45, 7) is 2.40. The number of thioether (sulfide) groups is 1. The lowest BCUT2D eigenvalue weighted by molar-refractivity contribution is -0.116. The van der Waals surface area contributed by atoms with Gasteiger partial charge in [-0.1, -0.05) is 72.2 Å². The molecule has 0 saturated heterocycles. The number of aromatic nitrogens is 2. The lowest BCUT2D eigenvalue weighted by Gasteiger charge is -2.09. The second-order valence-corrected chi connectivity index (χ2v) is 8.94. The minimum absolute atomic E-state index is 0.105. The first-order chi connectivity index (χ1) is 16.0. The number of amides is 2. The van der Waals surface area contributed by atoms with Gasteiger partial charge in [-0.05, 0) is 42.2 Å². The fraction of sp³-hybridized carbons (Fsp3) is 0.250. The molecule has 3 rings (SSSR count). The van der Waals surface area contributed by atoms with Gasteiger partial charge in [0.15, 0.2) is 10.9 Å². The van der Waals surface area contributed by atoms with Crippen molar-refractivity contribution in [2.45, 2.75) is 37.1 Å². The van der Waals surface area contributed by atoms with Gasteiger partial charge in [0.2, 0.25) is 5.91 Å². The molecule has 0 aliphatic heterocycles. The van der Waals surface area contributed by atoms with Crippen LogP contribution in [0.1, 0.15) is 41.4 Å². The van der Waals surface area contributed by atoms with E-state index in [-0.39, 0.29) is 23.0 Å². The second kappa shape index (κ2) is 12.6. The van der Waals surface area contributed by atoms with Crippen molar-refractivity contribution >= 4 is 52.5 Å². The van der Waals surface area contributed by atoms with Gasteiger partial charge in [-0.15, -0.1) is 0 Å². The molecule has 0 aliphatic carbocycles. The summed E-state index contributed by atoms with van der Waals surface area (Å²) in [5, 5.41) is 6.88. The van der Waals surface area contributed by atoms with Gasteiger partial charge in [-0.25, -0.2) is 9.97 Å². The zero-order chi connectivity index (χ0) is 23.6. The van der Waals surface area contributed by atoms with Crippen molar-refractivity contribution in [1.29, 1.82) is 0 Å². The van der Waals surface area contributed by atoms with Crippen LogP contribution in [0, 0.1) is 0 Å². The minimum atomic E-state index is -0.405. The Hall–Kier alpha value is -2.61. The molecule has 0 saturated carbocycles. The average Bonchev–Trinajstić information content (AvgIpc) is 2.82. The number of halogens is 2. The first-order valence-corrected chi connectivity index (χ1v) is 12.3. The van der Waals surface area contributed by atoms with E-state index < -0.39 is 5.91 Å². The zero-order valence-corrected chi connectivity index (χ0v) is 20.4. The number of rotatable bonds is 10. The summed E-state index contributed by atoms with van der Waals surface area (Å²) in [6.07, 6.45) is 3.13. The summed E-state index contributed by atoms with van der Waals surface area (Å²) < 4.78 is 0. The molecular formula is C24H24Cl2N4O2S. The molecule has 9 heteroatoms. The summed E-state index contributed by atoms with van der Waals surface area (Å²) in [6, 6.07) is 15.3. The van der Waals surface area contributed by atoms with E-state index in [0.717, 1.165) is 17.7 Å². The maximum Gasteiger partial charge on any atom is 0.271 e. The Morgan fingerprint density at radius 2 is 1.79 bits per heavy atom. The predicted molar refractivity (Wildman–Crippen MR) is 134 cm³/mol. The standard InChI is InChI=1S/C24H24Cl2N4O2S/c1-2-16-9-11-18(12-10-16)29-21(31)8-5-13-27-23(32)22-20(26)14-28-24(30-22)33-15-17-6-3-4-7-19(17)25/h3-4,6-7,9-12,14H,2,5,8,13,15H2,1H3,(H,27,32)(H,29,31). The highest BCUT2D eigenvalue weighted by Crippen LogP contribution is 2.25. The average molecular weight is 503 g/mol. The fourth-order valence-corrected chi connectivity index (χ4v) is 4.20. The normalized spacial score (nSPS) is 10.6. The van der Waals surface area contributed by atoms with Crippen LogP contribution in [0.4, 0.5) is 5.69 Å². The van der Waals surface area contributed by atoms with E-state index in [1.165, 1.54) is 23.5 Å². The van der Waals surface area contributed by atoms with Crippen molar-refractivity contribution in [3.63, 3.8) is 0 Å². The number of carbonyl (C=O) groups excluding carboxylic acids is 2. The molecule has 1 heterocycles. The van der Waals surface area contributed by atoms with Crippen molar-refractivity contribution in [3.05, 3.63) is 81.6 Å². The van der Waals surface area contributed by atoms with Crippen LogP contribution in [0.5, 0.6) is 0 Å². The van der Waals surface area contributed by atoms with Crippen molar-refractivity contribution < 1.29 is 9.59 Å². The summed E-state index contributed by atoms with van der Waals surface area (Å²) in [4.78, 5) is 33.1. The largest absolute Gasteiger partial charge is 0.351 e. The molecule has 0 unspecified atom stereocenters. The molecule has 0 spiro atoms. The number of benzene rings is 2. The molecule has 3 aromatic rings. The van der Waals surface area contributed by atoms with Crippen LogP contribution in [0.3, 0.4) is 0 Å². The minimum Gasteiger partial charge on any atom is -0.351 e. The van der Waals surface area contributed by atoms with Crippen LogP contribution < -0.4 is 10.6 Å². The first-order valence-electron chi connectivity index (χ1n) is 10.5. The molecule has 0 atom stereocenters. The summed E-state index contributed by atoms with van der Waals surface area (Å²) in [5.74, 6) is 0.0583. The number of anilines is 1. The molecule has 0 radical (unpaired) electrons. The highest BCUT2D eigenvalue weighted by atomic mass is 35.5. The Bertz CT molecular complexity index is 1110. The Morgan fingerprint density at radius 1 is 1.03 bits per heavy atom. The van der Waals surface area contributed by atoms with Gasteiger partial charge in [0.25, 0.3) is 5.91 Å². The van der Waals surface area contributed by atoms with E-state index in [0.29, 0.717) is 28.9 Å². The number of carbonyl (C=O) groups is 2. The summed E-state index contributed by atoms with van der Waals surface area (Å²) in [7, 11) is 0. The van der Waals surface area contributed by atoms with Crippen molar-refractivity contribution in [3.8, 4) is 0 Å². The van der Waals surface area contributed by atoms with Crippen LogP contribution in [-0.4, -0.2) is 28.3 Å². The molecule has 6 nitrogen and oxygen atoms in total. The number of hydrogen-bond acceptors (Lipinski definition) is 5. The molecule has 2 aromatic carbocycles. The number of aryl methyl sites for hydroxylation is 1. The molecule has 172 valence electrons. The predicted octanol–water partition coefficient (Wildman–Crippen LogP) is 5.79. The molecule has 0 fully saturated rings. The van der Waals surface area contributed by atoms with Gasteiger partial charge >= 0.3 is 0 Å². The Kier molecular flexibility index (Phi) is 9.54. The van der Waals surface area contributed by atoms with Gasteiger partial charge in [-0.2, -0.15) is 0 Å². The van der Waals surface area contributed by atoms with E-state index in [9.17, 15) is 9.59 Å². The van der Waals surface area contributed by atoms with E-state index in [2.05, 4.69) is 27.5 Å². The van der Waals surface area contributed by atoms with E-state index in [4.69, 9.17) is 23.2 Å². The molecular weight excluding hydrogens is 479 g/mol. The van der Waals surface area contributed by atoms with Gasteiger partial charge in [0, 0.05) is 29.4 Å². The third kappa shape index (κ3) is 7.74. The van der Waals surface area contributed by atoms with Gasteiger partial charge in [0.05, 0.1) is 11.2 Å². The number of nitrogens with one attached hydrogen (secondary N) is 2. The Morgan fingerprint density at radius 3 is 2.52 bits per heavy atom. The molecule has 2 N–H and O–H groups in total. The van der Waals surface area contributed by atoms with Crippen LogP contribution >= 0.6 is 35.0 Å². The summed E-state index contributed by atoms with van der Waals surface area (Å²) in [5.41, 5.74) is 3.03. The Balaban J connectivity index is 1.46. The maximum absolute atomic E-state index is 12.5. The lowest BCUT2D eigenvalue weighted by atomic mass is 10.1. The van der Waals surface area contributed by atoms with E-state index >= 15 is 0 Å². The highest BCUT2D eigenvalue weighted by molar-refractivity contribution is 7.98. The topological polar surface area (TPSA) is 84.0 Å². The van der Waals surface area contributed by atoms with E-state index in [1.54, 1.807) is 0 Å². The zero-order valence-electron chi connectivity index (χ0n) is 18.1. The lowest BCUT2D eigenvalue weighted by Crippen LogP contribution is -2.27. The number of nitrogens with zero attached hydrogens (tertiary/aromatic N) is 2. The van der Waals surface area contributed by atoms with Crippen molar-refractivity contribution in [2.75, 3.05) is 11.9 Å². The molecule has 0 aliphatic rings. The summed E-state index contributed by atoms with van der Waals surface area (Å²) >= 11 is 13.7. The van der Waals surface area contributed by atoms with Crippen LogP contribution in [0.25, 0.3) is 0 Å². The molecule has 2 amide bonds. The van der Waals surface area contributed by atoms with Crippen molar-refractivity contribution in [2.24, 2.45) is 0 Å². The smallest absolute Gasteiger partial charge is 0.271 e. The highest BCUT2D eigenvalue weighted by Gasteiger charge is 2.15. The van der Waals surface area contributed by atoms with Gasteiger partial charge < -0.3 is 10.6 Å². The van der Waals surface area contributed by atoms with Gasteiger partial charge in [0.1, 0.15) is 0 Å².